The van der Waals surface area contributed by atoms with E-state index >= 15 is 0 Å². The molecule has 0 spiro atoms. The average Bonchev–Trinajstić information content (AvgIpc) is 3.15. The van der Waals surface area contributed by atoms with E-state index in [2.05, 4.69) is 0 Å². The number of benzene rings is 3. The SMILES string of the molecule is O=C(c1ccccc1)C(C(=O)c1ccccc1)[C@H]1OCC(=O)N1Cc1ccccc1. The summed E-state index contributed by atoms with van der Waals surface area (Å²) in [6.45, 7) is 0.114. The van der Waals surface area contributed by atoms with Crippen molar-refractivity contribution in [2.24, 2.45) is 5.92 Å². The molecule has 1 atom stereocenters. The van der Waals surface area contributed by atoms with Crippen molar-refractivity contribution >= 4 is 17.5 Å². The lowest BCUT2D eigenvalue weighted by atomic mass is 9.88. The van der Waals surface area contributed by atoms with Crippen LogP contribution in [0, 0.1) is 5.92 Å². The van der Waals surface area contributed by atoms with Crippen molar-refractivity contribution in [3.8, 4) is 0 Å². The van der Waals surface area contributed by atoms with Crippen LogP contribution in [0.15, 0.2) is 91.0 Å². The van der Waals surface area contributed by atoms with Crippen LogP contribution in [0.3, 0.4) is 0 Å². The summed E-state index contributed by atoms with van der Waals surface area (Å²) in [6, 6.07) is 26.8. The van der Waals surface area contributed by atoms with Crippen LogP contribution >= 0.6 is 0 Å². The summed E-state index contributed by atoms with van der Waals surface area (Å²) >= 11 is 0. The van der Waals surface area contributed by atoms with Gasteiger partial charge in [-0.25, -0.2) is 0 Å². The lowest BCUT2D eigenvalue weighted by Gasteiger charge is -2.29. The van der Waals surface area contributed by atoms with Crippen LogP contribution in [-0.2, 0) is 16.1 Å². The Bertz CT molecular complexity index is 983. The third kappa shape index (κ3) is 4.07. The molecule has 0 aliphatic carbocycles. The monoisotopic (exact) mass is 399 g/mol. The Labute approximate surface area is 174 Å². The van der Waals surface area contributed by atoms with Crippen LogP contribution in [0.1, 0.15) is 26.3 Å². The van der Waals surface area contributed by atoms with Crippen molar-refractivity contribution in [3.63, 3.8) is 0 Å². The first-order valence-corrected chi connectivity index (χ1v) is 9.78. The second-order valence-corrected chi connectivity index (χ2v) is 7.15. The van der Waals surface area contributed by atoms with Gasteiger partial charge in [0.25, 0.3) is 5.91 Å². The third-order valence-corrected chi connectivity index (χ3v) is 5.17. The second-order valence-electron chi connectivity index (χ2n) is 7.15. The summed E-state index contributed by atoms with van der Waals surface area (Å²) < 4.78 is 5.73. The van der Waals surface area contributed by atoms with Crippen molar-refractivity contribution in [3.05, 3.63) is 108 Å². The minimum Gasteiger partial charge on any atom is -0.347 e. The largest absolute Gasteiger partial charge is 0.347 e. The fourth-order valence-corrected chi connectivity index (χ4v) is 3.65. The van der Waals surface area contributed by atoms with Gasteiger partial charge in [0.15, 0.2) is 17.8 Å². The van der Waals surface area contributed by atoms with Crippen molar-refractivity contribution in [2.45, 2.75) is 12.8 Å². The van der Waals surface area contributed by atoms with E-state index in [1.807, 2.05) is 42.5 Å². The first kappa shape index (κ1) is 19.7. The summed E-state index contributed by atoms with van der Waals surface area (Å²) in [5, 5.41) is 0. The van der Waals surface area contributed by atoms with Crippen LogP contribution in [0.5, 0.6) is 0 Å². The van der Waals surface area contributed by atoms with E-state index in [1.54, 1.807) is 48.5 Å². The van der Waals surface area contributed by atoms with Crippen molar-refractivity contribution in [1.29, 1.82) is 0 Å². The number of hydrogen-bond donors (Lipinski definition) is 0. The van der Waals surface area contributed by atoms with Gasteiger partial charge in [0.05, 0.1) is 0 Å². The van der Waals surface area contributed by atoms with Crippen molar-refractivity contribution in [1.82, 2.24) is 4.90 Å². The number of ketones is 2. The summed E-state index contributed by atoms with van der Waals surface area (Å²) in [4.78, 5) is 40.9. The Hall–Kier alpha value is -3.57. The van der Waals surface area contributed by atoms with Gasteiger partial charge in [-0.3, -0.25) is 14.4 Å². The molecule has 0 unspecified atom stereocenters. The average molecular weight is 399 g/mol. The molecule has 4 rings (SSSR count). The van der Waals surface area contributed by atoms with Crippen LogP contribution in [0.25, 0.3) is 0 Å². The molecule has 0 saturated carbocycles. The Morgan fingerprint density at radius 3 is 1.77 bits per heavy atom. The van der Waals surface area contributed by atoms with Crippen molar-refractivity contribution in [2.75, 3.05) is 6.61 Å². The number of amides is 1. The van der Waals surface area contributed by atoms with Crippen LogP contribution in [0.2, 0.25) is 0 Å². The van der Waals surface area contributed by atoms with Crippen LogP contribution in [0.4, 0.5) is 0 Å². The molecule has 0 N–H and O–H groups in total. The summed E-state index contributed by atoms with van der Waals surface area (Å²) in [7, 11) is 0. The fraction of sp³-hybridized carbons (Fsp3) is 0.160. The number of Topliss-reactive ketones (excluding diaryl/α,β-unsaturated/α-hetero) is 2. The maximum Gasteiger partial charge on any atom is 0.251 e. The Balaban J connectivity index is 1.71. The van der Waals surface area contributed by atoms with Gasteiger partial charge in [-0.15, -0.1) is 0 Å². The first-order chi connectivity index (χ1) is 14.6. The Kier molecular flexibility index (Phi) is 5.82. The molecular weight excluding hydrogens is 378 g/mol. The minimum atomic E-state index is -1.15. The summed E-state index contributed by atoms with van der Waals surface area (Å²) in [5.74, 6) is -2.11. The van der Waals surface area contributed by atoms with Crippen molar-refractivity contribution < 1.29 is 19.1 Å². The molecule has 1 amide bonds. The molecule has 3 aromatic carbocycles. The standard InChI is InChI=1S/C25H21NO4/c27-21-17-30-25(26(21)16-18-10-4-1-5-11-18)22(23(28)19-12-6-2-7-13-19)24(29)20-14-8-3-9-15-20/h1-15,22,25H,16-17H2/t25-/m1/s1. The quantitative estimate of drug-likeness (QED) is 0.448. The molecule has 5 nitrogen and oxygen atoms in total. The fourth-order valence-electron chi connectivity index (χ4n) is 3.65. The lowest BCUT2D eigenvalue weighted by molar-refractivity contribution is -0.128. The molecule has 1 saturated heterocycles. The van der Waals surface area contributed by atoms with Gasteiger partial charge < -0.3 is 9.64 Å². The Morgan fingerprint density at radius 2 is 1.27 bits per heavy atom. The molecule has 3 aromatic rings. The minimum absolute atomic E-state index is 0.155. The highest BCUT2D eigenvalue weighted by Gasteiger charge is 2.45. The molecule has 150 valence electrons. The molecule has 0 bridgehead atoms. The third-order valence-electron chi connectivity index (χ3n) is 5.17. The predicted octanol–water partition coefficient (Wildman–Crippen LogP) is 3.75. The van der Waals surface area contributed by atoms with Gasteiger partial charge in [-0.05, 0) is 5.56 Å². The van der Waals surface area contributed by atoms with E-state index in [-0.39, 0.29) is 30.6 Å². The van der Waals surface area contributed by atoms with E-state index in [9.17, 15) is 14.4 Å². The Morgan fingerprint density at radius 1 is 0.800 bits per heavy atom. The highest BCUT2D eigenvalue weighted by molar-refractivity contribution is 6.16. The topological polar surface area (TPSA) is 63.7 Å². The zero-order chi connectivity index (χ0) is 20.9. The predicted molar refractivity (Wildman–Crippen MR) is 112 cm³/mol. The number of nitrogens with zero attached hydrogens (tertiary/aromatic N) is 1. The van der Waals surface area contributed by atoms with Gasteiger partial charge in [0, 0.05) is 17.7 Å². The van der Waals surface area contributed by atoms with Gasteiger partial charge in [-0.1, -0.05) is 91.0 Å². The maximum absolute atomic E-state index is 13.4. The van der Waals surface area contributed by atoms with Crippen LogP contribution in [-0.4, -0.2) is 35.2 Å². The summed E-state index contributed by atoms with van der Waals surface area (Å²) in [5.41, 5.74) is 1.73. The first-order valence-electron chi connectivity index (χ1n) is 9.78. The smallest absolute Gasteiger partial charge is 0.251 e. The molecule has 1 heterocycles. The maximum atomic E-state index is 13.4. The molecule has 1 aliphatic rings. The van der Waals surface area contributed by atoms with E-state index in [0.29, 0.717) is 11.1 Å². The van der Waals surface area contributed by atoms with E-state index in [0.717, 1.165) is 5.56 Å². The van der Waals surface area contributed by atoms with E-state index in [1.165, 1.54) is 4.90 Å². The highest BCUT2D eigenvalue weighted by atomic mass is 16.5. The normalized spacial score (nSPS) is 16.1. The molecule has 0 radical (unpaired) electrons. The van der Waals surface area contributed by atoms with Gasteiger partial charge >= 0.3 is 0 Å². The van der Waals surface area contributed by atoms with Crippen LogP contribution < -0.4 is 0 Å². The van der Waals surface area contributed by atoms with E-state index in [4.69, 9.17) is 4.74 Å². The highest BCUT2D eigenvalue weighted by Crippen LogP contribution is 2.28. The second kappa shape index (κ2) is 8.84. The van der Waals surface area contributed by atoms with Gasteiger partial charge in [0.2, 0.25) is 0 Å². The number of rotatable bonds is 7. The van der Waals surface area contributed by atoms with E-state index < -0.39 is 12.1 Å². The van der Waals surface area contributed by atoms with Gasteiger partial charge in [0.1, 0.15) is 12.5 Å². The number of carbonyl (C=O) groups excluding carboxylic acids is 3. The summed E-state index contributed by atoms with van der Waals surface area (Å²) in [6.07, 6.45) is -0.960. The molecule has 30 heavy (non-hydrogen) atoms. The molecule has 0 aromatic heterocycles. The number of carbonyl (C=O) groups is 3. The lowest BCUT2D eigenvalue weighted by Crippen LogP contribution is -2.45. The zero-order valence-corrected chi connectivity index (χ0v) is 16.3. The molecule has 1 aliphatic heterocycles. The number of ether oxygens (including phenoxy) is 1. The van der Waals surface area contributed by atoms with Gasteiger partial charge in [-0.2, -0.15) is 0 Å². The number of hydrogen-bond acceptors (Lipinski definition) is 4. The molecule has 5 heteroatoms. The molecule has 1 fully saturated rings. The zero-order valence-electron chi connectivity index (χ0n) is 16.3. The molecular formula is C25H21NO4.